The first-order valence-corrected chi connectivity index (χ1v) is 7.11. The zero-order valence-electron chi connectivity index (χ0n) is 13.3. The SMILES string of the molecule is CC1(Cn2nc(C(C)(C)F)c(C(F)(F)F)c2C(N)=O)CC(F)(F)C1. The molecule has 0 unspecified atom stereocenters. The molecular formula is C14H17F6N3O. The number of hydrogen-bond donors (Lipinski definition) is 1. The summed E-state index contributed by atoms with van der Waals surface area (Å²) in [6.45, 7) is 2.77. The lowest BCUT2D eigenvalue weighted by molar-refractivity contribution is -0.160. The number of hydrogen-bond acceptors (Lipinski definition) is 2. The summed E-state index contributed by atoms with van der Waals surface area (Å²) in [5, 5.41) is 3.56. The summed E-state index contributed by atoms with van der Waals surface area (Å²) in [4.78, 5) is 11.5. The summed E-state index contributed by atoms with van der Waals surface area (Å²) in [6.07, 6.45) is -6.19. The van der Waals surface area contributed by atoms with Gasteiger partial charge in [0.25, 0.3) is 5.91 Å². The molecule has 0 aromatic carbocycles. The van der Waals surface area contributed by atoms with Gasteiger partial charge in [0.05, 0.1) is 0 Å². The second kappa shape index (κ2) is 5.13. The van der Waals surface area contributed by atoms with Crippen LogP contribution in [0.3, 0.4) is 0 Å². The molecule has 1 fully saturated rings. The quantitative estimate of drug-likeness (QED) is 0.837. The van der Waals surface area contributed by atoms with Crippen molar-refractivity contribution in [1.29, 1.82) is 0 Å². The molecule has 1 heterocycles. The second-order valence-corrected chi connectivity index (χ2v) is 7.08. The molecule has 4 nitrogen and oxygen atoms in total. The molecule has 24 heavy (non-hydrogen) atoms. The molecule has 1 saturated carbocycles. The van der Waals surface area contributed by atoms with Gasteiger partial charge in [-0.25, -0.2) is 13.2 Å². The second-order valence-electron chi connectivity index (χ2n) is 7.08. The van der Waals surface area contributed by atoms with Gasteiger partial charge in [-0.15, -0.1) is 0 Å². The number of alkyl halides is 6. The monoisotopic (exact) mass is 357 g/mol. The maximum absolute atomic E-state index is 14.2. The normalized spacial score (nSPS) is 19.9. The summed E-state index contributed by atoms with van der Waals surface area (Å²) in [5.74, 6) is -4.36. The van der Waals surface area contributed by atoms with Crippen LogP contribution in [0.15, 0.2) is 0 Å². The average molecular weight is 357 g/mol. The lowest BCUT2D eigenvalue weighted by atomic mass is 9.67. The van der Waals surface area contributed by atoms with Crippen LogP contribution in [0, 0.1) is 5.41 Å². The Kier molecular flexibility index (Phi) is 3.97. The van der Waals surface area contributed by atoms with Gasteiger partial charge in [-0.3, -0.25) is 9.48 Å². The molecule has 1 aliphatic carbocycles. The van der Waals surface area contributed by atoms with Gasteiger partial charge in [0.15, 0.2) is 0 Å². The Morgan fingerprint density at radius 1 is 1.25 bits per heavy atom. The van der Waals surface area contributed by atoms with Crippen LogP contribution in [0.5, 0.6) is 0 Å². The van der Waals surface area contributed by atoms with E-state index in [-0.39, 0.29) is 6.54 Å². The molecule has 1 aliphatic rings. The molecule has 2 rings (SSSR count). The fourth-order valence-corrected chi connectivity index (χ4v) is 3.18. The lowest BCUT2D eigenvalue weighted by Crippen LogP contribution is -2.47. The predicted molar refractivity (Wildman–Crippen MR) is 72.2 cm³/mol. The van der Waals surface area contributed by atoms with E-state index in [9.17, 15) is 31.1 Å². The number of primary amides is 1. The smallest absolute Gasteiger partial charge is 0.364 e. The molecule has 136 valence electrons. The first kappa shape index (κ1) is 18.6. The van der Waals surface area contributed by atoms with Crippen LogP contribution >= 0.6 is 0 Å². The Morgan fingerprint density at radius 3 is 2.08 bits per heavy atom. The highest BCUT2D eigenvalue weighted by molar-refractivity contribution is 5.93. The Balaban J connectivity index is 2.57. The number of carbonyl (C=O) groups is 1. The standard InChI is InChI=1S/C14H17F6N3O/c1-11(2,15)9-7(14(18,19)20)8(10(21)24)23(22-9)6-12(3)4-13(16,17)5-12/h4-6H2,1-3H3,(H2,21,24). The summed E-state index contributed by atoms with van der Waals surface area (Å²) in [6, 6.07) is 0. The van der Waals surface area contributed by atoms with Gasteiger partial charge < -0.3 is 5.73 Å². The van der Waals surface area contributed by atoms with Crippen molar-refractivity contribution in [2.45, 2.75) is 57.9 Å². The van der Waals surface area contributed by atoms with Crippen LogP contribution in [0.1, 0.15) is 55.4 Å². The van der Waals surface area contributed by atoms with Crippen LogP contribution in [-0.2, 0) is 18.4 Å². The third-order valence-corrected chi connectivity index (χ3v) is 3.93. The molecule has 0 aliphatic heterocycles. The van der Waals surface area contributed by atoms with E-state index in [4.69, 9.17) is 5.73 Å². The first-order chi connectivity index (χ1) is 10.6. The van der Waals surface area contributed by atoms with Gasteiger partial charge in [-0.1, -0.05) is 6.92 Å². The van der Waals surface area contributed by atoms with Crippen molar-refractivity contribution in [1.82, 2.24) is 9.78 Å². The van der Waals surface area contributed by atoms with E-state index in [1.165, 1.54) is 6.92 Å². The first-order valence-electron chi connectivity index (χ1n) is 7.11. The predicted octanol–water partition coefficient (Wildman–Crippen LogP) is 3.64. The van der Waals surface area contributed by atoms with Crippen molar-refractivity contribution in [2.24, 2.45) is 11.1 Å². The molecule has 2 N–H and O–H groups in total. The van der Waals surface area contributed by atoms with Gasteiger partial charge in [0, 0.05) is 19.4 Å². The molecule has 0 spiro atoms. The third-order valence-electron chi connectivity index (χ3n) is 3.93. The average Bonchev–Trinajstić information content (AvgIpc) is 2.63. The van der Waals surface area contributed by atoms with Crippen LogP contribution in [0.25, 0.3) is 0 Å². The van der Waals surface area contributed by atoms with Crippen molar-refractivity contribution < 1.29 is 31.1 Å². The minimum atomic E-state index is -5.06. The largest absolute Gasteiger partial charge is 0.420 e. The van der Waals surface area contributed by atoms with Gasteiger partial charge in [-0.05, 0) is 19.3 Å². The number of rotatable bonds is 4. The van der Waals surface area contributed by atoms with Crippen LogP contribution in [-0.4, -0.2) is 21.6 Å². The molecule has 1 aromatic heterocycles. The highest BCUT2D eigenvalue weighted by atomic mass is 19.4. The Bertz CT molecular complexity index is 663. The zero-order valence-corrected chi connectivity index (χ0v) is 13.3. The minimum Gasteiger partial charge on any atom is -0.364 e. The molecule has 1 aromatic rings. The van der Waals surface area contributed by atoms with Crippen LogP contribution in [0.4, 0.5) is 26.3 Å². The summed E-state index contributed by atoms with van der Waals surface area (Å²) >= 11 is 0. The van der Waals surface area contributed by atoms with Gasteiger partial charge >= 0.3 is 6.18 Å². The Hall–Kier alpha value is -1.74. The summed E-state index contributed by atoms with van der Waals surface area (Å²) < 4.78 is 80.9. The Morgan fingerprint density at radius 2 is 1.75 bits per heavy atom. The van der Waals surface area contributed by atoms with E-state index >= 15 is 0 Å². The van der Waals surface area contributed by atoms with E-state index < -0.39 is 58.9 Å². The minimum absolute atomic E-state index is 0.389. The Labute approximate surface area is 134 Å². The number of halogens is 6. The van der Waals surface area contributed by atoms with E-state index in [0.29, 0.717) is 4.68 Å². The summed E-state index contributed by atoms with van der Waals surface area (Å²) in [7, 11) is 0. The van der Waals surface area contributed by atoms with Crippen molar-refractivity contribution in [2.75, 3.05) is 0 Å². The van der Waals surface area contributed by atoms with Crippen molar-refractivity contribution in [3.63, 3.8) is 0 Å². The fraction of sp³-hybridized carbons (Fsp3) is 0.714. The molecule has 1 amide bonds. The van der Waals surface area contributed by atoms with Gasteiger partial charge in [-0.2, -0.15) is 18.3 Å². The van der Waals surface area contributed by atoms with Crippen molar-refractivity contribution in [3.8, 4) is 0 Å². The summed E-state index contributed by atoms with van der Waals surface area (Å²) in [5.41, 5.74) is -2.08. The van der Waals surface area contributed by atoms with E-state index in [0.717, 1.165) is 13.8 Å². The number of nitrogens with zero attached hydrogens (tertiary/aromatic N) is 2. The molecular weight excluding hydrogens is 340 g/mol. The molecule has 0 atom stereocenters. The van der Waals surface area contributed by atoms with E-state index in [2.05, 4.69) is 5.10 Å². The van der Waals surface area contributed by atoms with E-state index in [1.807, 2.05) is 0 Å². The maximum atomic E-state index is 14.2. The number of nitrogens with two attached hydrogens (primary N) is 1. The van der Waals surface area contributed by atoms with Gasteiger partial charge in [0.1, 0.15) is 22.6 Å². The highest BCUT2D eigenvalue weighted by Crippen LogP contribution is 2.53. The molecule has 10 heteroatoms. The number of amides is 1. The molecule has 0 saturated heterocycles. The van der Waals surface area contributed by atoms with Crippen molar-refractivity contribution >= 4 is 5.91 Å². The molecule has 0 bridgehead atoms. The molecule has 0 radical (unpaired) electrons. The zero-order chi connectivity index (χ0) is 18.7. The third kappa shape index (κ3) is 3.36. The number of carbonyl (C=O) groups excluding carboxylic acids is 1. The van der Waals surface area contributed by atoms with Crippen LogP contribution in [0.2, 0.25) is 0 Å². The van der Waals surface area contributed by atoms with Crippen LogP contribution < -0.4 is 5.73 Å². The van der Waals surface area contributed by atoms with E-state index in [1.54, 1.807) is 0 Å². The fourth-order valence-electron chi connectivity index (χ4n) is 3.18. The van der Waals surface area contributed by atoms with Crippen molar-refractivity contribution in [3.05, 3.63) is 17.0 Å². The van der Waals surface area contributed by atoms with Gasteiger partial charge in [0.2, 0.25) is 5.92 Å². The maximum Gasteiger partial charge on any atom is 0.420 e. The highest BCUT2D eigenvalue weighted by Gasteiger charge is 2.55. The topological polar surface area (TPSA) is 60.9 Å². The lowest BCUT2D eigenvalue weighted by Gasteiger charge is -2.44. The number of aromatic nitrogens is 2.